The van der Waals surface area contributed by atoms with Gasteiger partial charge < -0.3 is 14.7 Å². The molecule has 0 aromatic heterocycles. The fourth-order valence-corrected chi connectivity index (χ4v) is 2.36. The average Bonchev–Trinajstić information content (AvgIpc) is 2.62. The summed E-state index contributed by atoms with van der Waals surface area (Å²) in [6, 6.07) is 12.8. The number of amides is 1. The summed E-state index contributed by atoms with van der Waals surface area (Å²) in [6.07, 6.45) is 4.62. The maximum absolute atomic E-state index is 13.0. The molecule has 0 spiro atoms. The zero-order valence-electron chi connectivity index (χ0n) is 14.0. The van der Waals surface area contributed by atoms with Gasteiger partial charge in [0.25, 0.3) is 5.91 Å². The molecule has 0 saturated carbocycles. The highest BCUT2D eigenvalue weighted by Gasteiger charge is 2.22. The van der Waals surface area contributed by atoms with Crippen molar-refractivity contribution in [1.82, 2.24) is 4.90 Å². The fourth-order valence-electron chi connectivity index (χ4n) is 2.36. The average molecular weight is 341 g/mol. The van der Waals surface area contributed by atoms with Gasteiger partial charge in [0.15, 0.2) is 6.10 Å². The quantitative estimate of drug-likeness (QED) is 0.788. The third-order valence-electron chi connectivity index (χ3n) is 3.62. The molecule has 25 heavy (non-hydrogen) atoms. The molecular weight excluding hydrogens is 321 g/mol. The van der Waals surface area contributed by atoms with E-state index < -0.39 is 6.10 Å². The van der Waals surface area contributed by atoms with Gasteiger partial charge in [-0.05, 0) is 42.3 Å². The van der Waals surface area contributed by atoms with E-state index in [1.54, 1.807) is 43.3 Å². The van der Waals surface area contributed by atoms with Crippen LogP contribution in [0.5, 0.6) is 5.75 Å². The van der Waals surface area contributed by atoms with Crippen molar-refractivity contribution in [2.75, 3.05) is 6.54 Å². The third kappa shape index (κ3) is 5.33. The van der Waals surface area contributed by atoms with Crippen LogP contribution in [0.4, 0.5) is 4.39 Å². The highest BCUT2D eigenvalue weighted by Crippen LogP contribution is 2.16. The molecule has 1 unspecified atom stereocenters. The summed E-state index contributed by atoms with van der Waals surface area (Å²) in [7, 11) is 0. The summed E-state index contributed by atoms with van der Waals surface area (Å²) in [5, 5.41) is 9.17. The first-order valence-corrected chi connectivity index (χ1v) is 7.86. The number of aliphatic hydroxyl groups is 1. The molecule has 1 N–H and O–H groups in total. The van der Waals surface area contributed by atoms with Gasteiger partial charge in [0, 0.05) is 6.54 Å². The minimum absolute atomic E-state index is 0.104. The molecule has 2 aromatic carbocycles. The number of ether oxygens (including phenoxy) is 1. The number of halogens is 1. The van der Waals surface area contributed by atoms with E-state index in [-0.39, 0.29) is 31.4 Å². The number of benzene rings is 2. The van der Waals surface area contributed by atoms with E-state index in [1.807, 2.05) is 0 Å². The fraction of sp³-hybridized carbons (Fsp3) is 0.250. The lowest BCUT2D eigenvalue weighted by Crippen LogP contribution is -2.40. The maximum atomic E-state index is 13.0. The summed E-state index contributed by atoms with van der Waals surface area (Å²) in [6.45, 7) is 1.93. The van der Waals surface area contributed by atoms with Crippen molar-refractivity contribution in [2.24, 2.45) is 0 Å². The lowest BCUT2D eigenvalue weighted by molar-refractivity contribution is -0.137. The van der Waals surface area contributed by atoms with Gasteiger partial charge in [-0.25, -0.2) is 4.39 Å². The van der Waals surface area contributed by atoms with Gasteiger partial charge in [-0.15, -0.1) is 6.42 Å². The molecule has 0 aliphatic heterocycles. The predicted octanol–water partition coefficient (Wildman–Crippen LogP) is 2.75. The number of carbonyl (C=O) groups is 1. The topological polar surface area (TPSA) is 49.8 Å². The van der Waals surface area contributed by atoms with Gasteiger partial charge in [0.05, 0.1) is 13.2 Å². The zero-order chi connectivity index (χ0) is 18.2. The van der Waals surface area contributed by atoms with E-state index >= 15 is 0 Å². The highest BCUT2D eigenvalue weighted by atomic mass is 19.1. The van der Waals surface area contributed by atoms with Gasteiger partial charge in [0.1, 0.15) is 11.6 Å². The Labute approximate surface area is 146 Å². The van der Waals surface area contributed by atoms with E-state index in [2.05, 4.69) is 5.92 Å². The SMILES string of the molecule is C#CCN(Cc1ccc(F)cc1)C(=O)C(C)Oc1cccc(CO)c1. The Morgan fingerprint density at radius 3 is 2.64 bits per heavy atom. The number of terminal acetylenes is 1. The Morgan fingerprint density at radius 2 is 2.00 bits per heavy atom. The van der Waals surface area contributed by atoms with Crippen molar-refractivity contribution in [3.8, 4) is 18.1 Å². The molecule has 130 valence electrons. The van der Waals surface area contributed by atoms with Crippen molar-refractivity contribution in [3.05, 3.63) is 65.5 Å². The van der Waals surface area contributed by atoms with Crippen LogP contribution in [-0.2, 0) is 17.9 Å². The van der Waals surface area contributed by atoms with Crippen molar-refractivity contribution in [1.29, 1.82) is 0 Å². The molecule has 5 heteroatoms. The first kappa shape index (κ1) is 18.5. The molecule has 2 aromatic rings. The molecule has 0 heterocycles. The largest absolute Gasteiger partial charge is 0.481 e. The van der Waals surface area contributed by atoms with Crippen molar-refractivity contribution >= 4 is 5.91 Å². The van der Waals surface area contributed by atoms with Crippen molar-refractivity contribution in [2.45, 2.75) is 26.2 Å². The molecule has 2 rings (SSSR count). The summed E-state index contributed by atoms with van der Waals surface area (Å²) in [5.41, 5.74) is 1.48. The minimum Gasteiger partial charge on any atom is -0.481 e. The van der Waals surface area contributed by atoms with Crippen LogP contribution in [0.3, 0.4) is 0 Å². The van der Waals surface area contributed by atoms with Crippen molar-refractivity contribution in [3.63, 3.8) is 0 Å². The summed E-state index contributed by atoms with van der Waals surface area (Å²) < 4.78 is 18.7. The normalized spacial score (nSPS) is 11.4. The molecule has 0 aliphatic carbocycles. The Balaban J connectivity index is 2.07. The van der Waals surface area contributed by atoms with Crippen LogP contribution in [0.25, 0.3) is 0 Å². The standard InChI is InChI=1S/C20H20FNO3/c1-3-11-22(13-16-7-9-18(21)10-8-16)20(24)15(2)25-19-6-4-5-17(12-19)14-23/h1,4-10,12,15,23H,11,13-14H2,2H3. The maximum Gasteiger partial charge on any atom is 0.264 e. The van der Waals surface area contributed by atoms with Crippen LogP contribution in [0, 0.1) is 18.2 Å². The molecule has 1 amide bonds. The Hall–Kier alpha value is -2.84. The first-order valence-electron chi connectivity index (χ1n) is 7.86. The molecule has 0 aliphatic rings. The van der Waals surface area contributed by atoms with Crippen LogP contribution in [0.2, 0.25) is 0 Å². The third-order valence-corrected chi connectivity index (χ3v) is 3.62. The predicted molar refractivity (Wildman–Crippen MR) is 93.1 cm³/mol. The number of carbonyl (C=O) groups excluding carboxylic acids is 1. The van der Waals surface area contributed by atoms with E-state index in [1.165, 1.54) is 17.0 Å². The summed E-state index contributed by atoms with van der Waals surface area (Å²) in [4.78, 5) is 14.1. The van der Waals surface area contributed by atoms with Gasteiger partial charge in [0.2, 0.25) is 0 Å². The van der Waals surface area contributed by atoms with Crippen LogP contribution < -0.4 is 4.74 Å². The van der Waals surface area contributed by atoms with Gasteiger partial charge in [-0.3, -0.25) is 4.79 Å². The van der Waals surface area contributed by atoms with E-state index in [4.69, 9.17) is 16.3 Å². The van der Waals surface area contributed by atoms with E-state index in [0.29, 0.717) is 11.3 Å². The number of rotatable bonds is 7. The van der Waals surface area contributed by atoms with Gasteiger partial charge in [-0.2, -0.15) is 0 Å². The Morgan fingerprint density at radius 1 is 1.28 bits per heavy atom. The minimum atomic E-state index is -0.747. The zero-order valence-corrected chi connectivity index (χ0v) is 14.0. The summed E-state index contributed by atoms with van der Waals surface area (Å²) in [5.74, 6) is 2.35. The molecule has 1 atom stereocenters. The number of aliphatic hydroxyl groups excluding tert-OH is 1. The van der Waals surface area contributed by atoms with Crippen LogP contribution in [0.15, 0.2) is 48.5 Å². The smallest absolute Gasteiger partial charge is 0.264 e. The summed E-state index contributed by atoms with van der Waals surface area (Å²) >= 11 is 0. The molecular formula is C20H20FNO3. The van der Waals surface area contributed by atoms with Gasteiger partial charge in [-0.1, -0.05) is 30.2 Å². The number of hydrogen-bond acceptors (Lipinski definition) is 3. The second-order valence-corrected chi connectivity index (χ2v) is 5.59. The molecule has 0 bridgehead atoms. The van der Waals surface area contributed by atoms with E-state index in [0.717, 1.165) is 5.56 Å². The Kier molecular flexibility index (Phi) is 6.55. The number of hydrogen-bond donors (Lipinski definition) is 1. The molecule has 0 saturated heterocycles. The van der Waals surface area contributed by atoms with Crippen LogP contribution >= 0.6 is 0 Å². The Bertz CT molecular complexity index is 752. The molecule has 4 nitrogen and oxygen atoms in total. The lowest BCUT2D eigenvalue weighted by Gasteiger charge is -2.24. The first-order chi connectivity index (χ1) is 12.0. The van der Waals surface area contributed by atoms with Crippen LogP contribution in [-0.4, -0.2) is 28.6 Å². The molecule has 0 fully saturated rings. The monoisotopic (exact) mass is 341 g/mol. The van der Waals surface area contributed by atoms with Gasteiger partial charge >= 0.3 is 0 Å². The lowest BCUT2D eigenvalue weighted by atomic mass is 10.2. The second kappa shape index (κ2) is 8.86. The molecule has 0 radical (unpaired) electrons. The second-order valence-electron chi connectivity index (χ2n) is 5.59. The van der Waals surface area contributed by atoms with Crippen LogP contribution in [0.1, 0.15) is 18.1 Å². The highest BCUT2D eigenvalue weighted by molar-refractivity contribution is 5.81. The van der Waals surface area contributed by atoms with E-state index in [9.17, 15) is 9.18 Å². The number of nitrogens with zero attached hydrogens (tertiary/aromatic N) is 1. The van der Waals surface area contributed by atoms with Crippen molar-refractivity contribution < 1.29 is 19.0 Å².